The van der Waals surface area contributed by atoms with Crippen LogP contribution in [-0.2, 0) is 4.79 Å². The van der Waals surface area contributed by atoms with Crippen molar-refractivity contribution >= 4 is 5.91 Å². The Balaban J connectivity index is 1.78. The first-order chi connectivity index (χ1) is 13.0. The van der Waals surface area contributed by atoms with Crippen LogP contribution in [0.2, 0.25) is 0 Å². The smallest absolute Gasteiger partial charge is 0.385 e. The molecule has 5 nitrogen and oxygen atoms in total. The molecule has 0 aromatic carbocycles. The monoisotopic (exact) mass is 376 g/mol. The van der Waals surface area contributed by atoms with Crippen LogP contribution in [0.4, 0.5) is 0 Å². The van der Waals surface area contributed by atoms with Crippen LogP contribution in [0.15, 0.2) is 24.3 Å². The molecule has 0 radical (unpaired) electrons. The Labute approximate surface area is 162 Å². The van der Waals surface area contributed by atoms with E-state index < -0.39 is 18.3 Å². The third kappa shape index (κ3) is 6.29. The van der Waals surface area contributed by atoms with Gasteiger partial charge in [0.25, 0.3) is 0 Å². The van der Waals surface area contributed by atoms with Crippen molar-refractivity contribution in [2.45, 2.75) is 82.6 Å². The summed E-state index contributed by atoms with van der Waals surface area (Å²) in [6.07, 6.45) is 17.9. The molecule has 2 aliphatic rings. The Hall–Kier alpha value is -1.45. The van der Waals surface area contributed by atoms with E-state index in [4.69, 9.17) is 6.42 Å². The molecular weight excluding hydrogens is 342 g/mol. The lowest BCUT2D eigenvalue weighted by molar-refractivity contribution is -0.652. The Morgan fingerprint density at radius 1 is 1.30 bits per heavy atom. The van der Waals surface area contributed by atoms with Gasteiger partial charge in [-0.15, -0.1) is 0 Å². The highest BCUT2D eigenvalue weighted by Crippen LogP contribution is 2.36. The number of terminal acetylenes is 1. The standard InChI is InChI=1S/C22H33NO4/c1-3-5-7-10-16(24)13-14-18-17(20(25)15-21(18)26)11-8-6-9-12-19-22(27)23(19)4-2/h2,6,8,13-14,16-21,24-26H,3,5,7,9-12,15H2,1H3/p+1/b8-6-,14-13+/t16-,17+,18+,19?,20-,21+,23?/m0/s1. The first kappa shape index (κ1) is 21.8. The average Bonchev–Trinajstić information content (AvgIpc) is 3.18. The minimum absolute atomic E-state index is 0.0502. The van der Waals surface area contributed by atoms with Gasteiger partial charge >= 0.3 is 5.91 Å². The minimum atomic E-state index is -0.575. The summed E-state index contributed by atoms with van der Waals surface area (Å²) in [4.78, 5) is 12.0. The van der Waals surface area contributed by atoms with Crippen LogP contribution in [0.5, 0.6) is 0 Å². The van der Waals surface area contributed by atoms with Gasteiger partial charge in [-0.05, 0) is 25.2 Å². The maximum Gasteiger partial charge on any atom is 0.385 e. The Kier molecular flexibility index (Phi) is 8.72. The fraction of sp³-hybridized carbons (Fsp3) is 0.682. The second kappa shape index (κ2) is 10.8. The first-order valence-corrected chi connectivity index (χ1v) is 10.2. The van der Waals surface area contributed by atoms with Gasteiger partial charge in [-0.3, -0.25) is 0 Å². The second-order valence-electron chi connectivity index (χ2n) is 7.82. The van der Waals surface area contributed by atoms with E-state index in [0.29, 0.717) is 17.7 Å². The van der Waals surface area contributed by atoms with Crippen molar-refractivity contribution in [1.29, 1.82) is 0 Å². The zero-order chi connectivity index (χ0) is 19.8. The van der Waals surface area contributed by atoms with Crippen LogP contribution in [0, 0.1) is 24.3 Å². The fourth-order valence-corrected chi connectivity index (χ4v) is 3.99. The third-order valence-corrected chi connectivity index (χ3v) is 5.77. The molecule has 2 unspecified atom stereocenters. The molecule has 2 fully saturated rings. The van der Waals surface area contributed by atoms with Gasteiger partial charge in [0.15, 0.2) is 0 Å². The van der Waals surface area contributed by atoms with Gasteiger partial charge in [0.05, 0.1) is 18.3 Å². The molecule has 0 spiro atoms. The number of carbonyl (C=O) groups is 1. The summed E-state index contributed by atoms with van der Waals surface area (Å²) in [5, 5.41) is 30.6. The van der Waals surface area contributed by atoms with Gasteiger partial charge in [0.1, 0.15) is 6.04 Å². The predicted octanol–water partition coefficient (Wildman–Crippen LogP) is 0.953. The summed E-state index contributed by atoms with van der Waals surface area (Å²) in [5.74, 6) is -0.0921. The predicted molar refractivity (Wildman–Crippen MR) is 104 cm³/mol. The zero-order valence-corrected chi connectivity index (χ0v) is 16.3. The highest BCUT2D eigenvalue weighted by atomic mass is 16.3. The molecule has 27 heavy (non-hydrogen) atoms. The summed E-state index contributed by atoms with van der Waals surface area (Å²) in [7, 11) is 0. The zero-order valence-electron chi connectivity index (χ0n) is 16.3. The Bertz CT molecular complexity index is 579. The lowest BCUT2D eigenvalue weighted by atomic mass is 9.89. The summed E-state index contributed by atoms with van der Waals surface area (Å²) < 4.78 is 0. The number of aliphatic hydroxyl groups excluding tert-OH is 3. The minimum Gasteiger partial charge on any atom is -0.393 e. The number of allylic oxidation sites excluding steroid dienone is 2. The lowest BCUT2D eigenvalue weighted by Crippen LogP contribution is -2.90. The van der Waals surface area contributed by atoms with Gasteiger partial charge in [-0.2, -0.15) is 4.90 Å². The van der Waals surface area contributed by atoms with Crippen LogP contribution in [0.25, 0.3) is 0 Å². The number of nitrogens with one attached hydrogen (secondary N) is 1. The van der Waals surface area contributed by atoms with Crippen LogP contribution in [0.1, 0.15) is 58.3 Å². The Morgan fingerprint density at radius 2 is 2.07 bits per heavy atom. The van der Waals surface area contributed by atoms with E-state index in [1.165, 1.54) is 0 Å². The first-order valence-electron chi connectivity index (χ1n) is 10.2. The largest absolute Gasteiger partial charge is 0.393 e. The molecule has 5 heteroatoms. The molecule has 1 aliphatic heterocycles. The number of aliphatic hydroxyl groups is 3. The number of rotatable bonds is 11. The Morgan fingerprint density at radius 3 is 2.74 bits per heavy atom. The molecule has 1 amide bonds. The number of quaternary nitrogens is 1. The molecule has 0 aromatic rings. The molecule has 1 saturated heterocycles. The van der Waals surface area contributed by atoms with Crippen molar-refractivity contribution in [2.75, 3.05) is 0 Å². The lowest BCUT2D eigenvalue weighted by Gasteiger charge is -2.19. The summed E-state index contributed by atoms with van der Waals surface area (Å²) in [5.41, 5.74) is 0. The van der Waals surface area contributed by atoms with Crippen LogP contribution < -0.4 is 4.90 Å². The molecule has 0 aromatic heterocycles. The second-order valence-corrected chi connectivity index (χ2v) is 7.82. The van der Waals surface area contributed by atoms with Gasteiger partial charge < -0.3 is 15.3 Å². The number of carbonyl (C=O) groups excluding carboxylic acids is 1. The van der Waals surface area contributed by atoms with E-state index in [0.717, 1.165) is 38.5 Å². The van der Waals surface area contributed by atoms with Crippen molar-refractivity contribution in [3.63, 3.8) is 0 Å². The van der Waals surface area contributed by atoms with E-state index in [1.54, 1.807) is 6.08 Å². The fourth-order valence-electron chi connectivity index (χ4n) is 3.99. The van der Waals surface area contributed by atoms with Crippen LogP contribution >= 0.6 is 0 Å². The maximum atomic E-state index is 11.4. The molecule has 1 saturated carbocycles. The highest BCUT2D eigenvalue weighted by Gasteiger charge is 2.53. The van der Waals surface area contributed by atoms with Gasteiger partial charge in [0, 0.05) is 18.8 Å². The molecule has 2 rings (SSSR count). The summed E-state index contributed by atoms with van der Waals surface area (Å²) in [6.45, 7) is 2.13. The average molecular weight is 377 g/mol. The number of hydrogen-bond donors (Lipinski definition) is 4. The quantitative estimate of drug-likeness (QED) is 0.187. The molecule has 1 aliphatic carbocycles. The molecule has 4 N–H and O–H groups in total. The van der Waals surface area contributed by atoms with E-state index in [-0.39, 0.29) is 23.8 Å². The molecule has 7 atom stereocenters. The van der Waals surface area contributed by atoms with E-state index >= 15 is 0 Å². The topological polar surface area (TPSA) is 82.2 Å². The van der Waals surface area contributed by atoms with Crippen molar-refractivity contribution in [2.24, 2.45) is 11.8 Å². The summed E-state index contributed by atoms with van der Waals surface area (Å²) in [6, 6.07) is 2.38. The molecule has 1 heterocycles. The number of hydrogen-bond acceptors (Lipinski definition) is 4. The molecule has 150 valence electrons. The normalized spacial score (nSPS) is 34.4. The van der Waals surface area contributed by atoms with Gasteiger partial charge in [0.2, 0.25) is 6.04 Å². The van der Waals surface area contributed by atoms with E-state index in [2.05, 4.69) is 13.0 Å². The number of amides is 1. The molecular formula is C22H34NO4+. The number of unbranched alkanes of at least 4 members (excludes halogenated alkanes) is 2. The van der Waals surface area contributed by atoms with E-state index in [9.17, 15) is 20.1 Å². The van der Waals surface area contributed by atoms with Crippen molar-refractivity contribution in [1.82, 2.24) is 0 Å². The summed E-state index contributed by atoms with van der Waals surface area (Å²) >= 11 is 0. The third-order valence-electron chi connectivity index (χ3n) is 5.77. The highest BCUT2D eigenvalue weighted by molar-refractivity contribution is 5.83. The molecule has 0 bridgehead atoms. The van der Waals surface area contributed by atoms with Crippen LogP contribution in [-0.4, -0.2) is 45.6 Å². The van der Waals surface area contributed by atoms with E-state index in [1.807, 2.05) is 18.2 Å². The van der Waals surface area contributed by atoms with Gasteiger partial charge in [-0.1, -0.05) is 56.9 Å². The van der Waals surface area contributed by atoms with Gasteiger partial charge in [-0.25, -0.2) is 4.79 Å². The van der Waals surface area contributed by atoms with Crippen molar-refractivity contribution < 1.29 is 25.0 Å². The SMILES string of the molecule is C#C[NH+]1C(=O)C1CC/C=C\C[C@@H]1[C@@H](/C=C/[C@@H](O)CCCCC)[C@H](O)C[C@@H]1O. The maximum absolute atomic E-state index is 11.4. The van der Waals surface area contributed by atoms with Crippen molar-refractivity contribution in [3.8, 4) is 12.5 Å². The van der Waals surface area contributed by atoms with Crippen LogP contribution in [0.3, 0.4) is 0 Å². The van der Waals surface area contributed by atoms with Crippen molar-refractivity contribution in [3.05, 3.63) is 24.3 Å².